The lowest BCUT2D eigenvalue weighted by Gasteiger charge is -2.34. The molecule has 292 valence electrons. The molecule has 1 fully saturated rings. The van der Waals surface area contributed by atoms with Crippen LogP contribution in [-0.4, -0.2) is 90.4 Å². The fourth-order valence-electron chi connectivity index (χ4n) is 5.59. The molecule has 53 heavy (non-hydrogen) atoms. The highest BCUT2D eigenvalue weighted by Gasteiger charge is 2.29. The number of ether oxygens (including phenoxy) is 4. The number of rotatable bonds is 16. The Morgan fingerprint density at radius 3 is 2.23 bits per heavy atom. The van der Waals surface area contributed by atoms with Crippen LogP contribution in [0.1, 0.15) is 90.8 Å². The van der Waals surface area contributed by atoms with Crippen molar-refractivity contribution in [2.24, 2.45) is 0 Å². The molecular formula is C40H58N4O9. The maximum atomic E-state index is 13.7. The van der Waals surface area contributed by atoms with Gasteiger partial charge in [-0.25, -0.2) is 4.79 Å². The van der Waals surface area contributed by atoms with Gasteiger partial charge in [0.25, 0.3) is 0 Å². The quantitative estimate of drug-likeness (QED) is 0.206. The van der Waals surface area contributed by atoms with Gasteiger partial charge in [-0.3, -0.25) is 19.2 Å². The summed E-state index contributed by atoms with van der Waals surface area (Å²) in [7, 11) is 0. The average Bonchev–Trinajstić information content (AvgIpc) is 3.07. The summed E-state index contributed by atoms with van der Waals surface area (Å²) in [5.74, 6) is -1.27. The van der Waals surface area contributed by atoms with Crippen molar-refractivity contribution in [2.45, 2.75) is 123 Å². The lowest BCUT2D eigenvalue weighted by atomic mass is 10.0. The zero-order chi connectivity index (χ0) is 39.2. The third-order valence-corrected chi connectivity index (χ3v) is 8.22. The van der Waals surface area contributed by atoms with Crippen molar-refractivity contribution in [1.82, 2.24) is 20.9 Å². The maximum Gasteiger partial charge on any atom is 0.410 e. The number of benzene rings is 2. The van der Waals surface area contributed by atoms with Crippen LogP contribution < -0.4 is 20.7 Å². The van der Waals surface area contributed by atoms with Gasteiger partial charge >= 0.3 is 12.1 Å². The number of aryl methyl sites for hydroxylation is 2. The molecule has 13 heteroatoms. The Morgan fingerprint density at radius 2 is 1.57 bits per heavy atom. The van der Waals surface area contributed by atoms with E-state index in [1.54, 1.807) is 25.7 Å². The Hall–Kier alpha value is -4.65. The number of nitrogens with one attached hydrogen (secondary N) is 3. The number of nitrogens with zero attached hydrogens (tertiary/aromatic N) is 1. The minimum atomic E-state index is -1.04. The van der Waals surface area contributed by atoms with E-state index in [9.17, 15) is 24.0 Å². The number of hydrogen-bond acceptors (Lipinski definition) is 9. The second-order valence-corrected chi connectivity index (χ2v) is 15.3. The Kier molecular flexibility index (Phi) is 16.1. The maximum absolute atomic E-state index is 13.7. The molecule has 0 aliphatic carbocycles. The molecule has 3 rings (SSSR count). The van der Waals surface area contributed by atoms with Crippen molar-refractivity contribution in [2.75, 3.05) is 26.3 Å². The van der Waals surface area contributed by atoms with Crippen LogP contribution in [0.15, 0.2) is 48.5 Å². The van der Waals surface area contributed by atoms with Crippen LogP contribution >= 0.6 is 0 Å². The normalized spacial score (nSPS) is 15.8. The first-order valence-corrected chi connectivity index (χ1v) is 18.3. The van der Waals surface area contributed by atoms with Gasteiger partial charge in [0.2, 0.25) is 17.7 Å². The summed E-state index contributed by atoms with van der Waals surface area (Å²) in [6, 6.07) is 13.3. The van der Waals surface area contributed by atoms with Gasteiger partial charge in [0.05, 0.1) is 25.9 Å². The predicted molar refractivity (Wildman–Crippen MR) is 200 cm³/mol. The Balaban J connectivity index is 1.62. The number of amides is 4. The first kappa shape index (κ1) is 42.8. The van der Waals surface area contributed by atoms with E-state index in [0.717, 1.165) is 16.7 Å². The minimum absolute atomic E-state index is 0.00814. The van der Waals surface area contributed by atoms with Crippen LogP contribution in [0.4, 0.5) is 4.79 Å². The smallest absolute Gasteiger partial charge is 0.410 e. The van der Waals surface area contributed by atoms with E-state index in [4.69, 9.17) is 18.9 Å². The standard InChI is InChI=1S/C40H58N4O9/c1-27-14-16-31(50-22-20-32-26-44(21-23-51-32)38(49)53-40(6,7)8)24-30(27)25-41-36(47)33(17-15-29-12-10-9-11-13-29)43-37(48)34(42-28(2)45)18-19-35(46)52-39(3,4)5/h9-14,16,24,32-34H,15,17-23,25-26H2,1-8H3,(H,41,47)(H,42,45)(H,43,48)/t32?,33-,34-/m0/s1. The second kappa shape index (κ2) is 20.0. The molecule has 13 nitrogen and oxygen atoms in total. The number of hydrogen-bond donors (Lipinski definition) is 3. The molecule has 0 bridgehead atoms. The lowest BCUT2D eigenvalue weighted by Crippen LogP contribution is -2.53. The third-order valence-electron chi connectivity index (χ3n) is 8.22. The van der Waals surface area contributed by atoms with Crippen LogP contribution in [0.3, 0.4) is 0 Å². The van der Waals surface area contributed by atoms with Crippen LogP contribution in [0.2, 0.25) is 0 Å². The van der Waals surface area contributed by atoms with Gasteiger partial charge in [-0.1, -0.05) is 36.4 Å². The molecule has 2 aromatic carbocycles. The summed E-state index contributed by atoms with van der Waals surface area (Å²) >= 11 is 0. The van der Waals surface area contributed by atoms with E-state index in [-0.39, 0.29) is 31.6 Å². The van der Waals surface area contributed by atoms with Gasteiger partial charge in [-0.2, -0.15) is 0 Å². The molecule has 3 N–H and O–H groups in total. The zero-order valence-corrected chi connectivity index (χ0v) is 32.5. The number of carbonyl (C=O) groups is 5. The van der Waals surface area contributed by atoms with E-state index < -0.39 is 47.0 Å². The summed E-state index contributed by atoms with van der Waals surface area (Å²) in [6.45, 7) is 15.8. The predicted octanol–water partition coefficient (Wildman–Crippen LogP) is 4.76. The highest BCUT2D eigenvalue weighted by molar-refractivity contribution is 5.92. The molecule has 1 heterocycles. The summed E-state index contributed by atoms with van der Waals surface area (Å²) < 4.78 is 22.8. The molecule has 1 aliphatic heterocycles. The van der Waals surface area contributed by atoms with E-state index in [2.05, 4.69) is 16.0 Å². The number of morpholine rings is 1. The molecule has 1 saturated heterocycles. The summed E-state index contributed by atoms with van der Waals surface area (Å²) in [5, 5.41) is 8.39. The van der Waals surface area contributed by atoms with Crippen molar-refractivity contribution in [3.8, 4) is 5.75 Å². The van der Waals surface area contributed by atoms with Gasteiger partial charge in [-0.05, 0) is 96.6 Å². The van der Waals surface area contributed by atoms with E-state index in [1.165, 1.54) is 6.92 Å². The fourth-order valence-corrected chi connectivity index (χ4v) is 5.59. The Morgan fingerprint density at radius 1 is 0.887 bits per heavy atom. The van der Waals surface area contributed by atoms with Crippen LogP contribution in [0.25, 0.3) is 0 Å². The average molecular weight is 739 g/mol. The molecular weight excluding hydrogens is 680 g/mol. The highest BCUT2D eigenvalue weighted by Crippen LogP contribution is 2.20. The number of esters is 1. The van der Waals surface area contributed by atoms with Crippen molar-refractivity contribution in [3.05, 3.63) is 65.2 Å². The molecule has 1 unspecified atom stereocenters. The molecule has 2 aromatic rings. The SMILES string of the molecule is CC(=O)N[C@@H](CCC(=O)OC(C)(C)C)C(=O)N[C@@H](CCc1ccccc1)C(=O)NCc1cc(OCCC2CN(C(=O)OC(C)(C)C)CCO2)ccc1C. The minimum Gasteiger partial charge on any atom is -0.493 e. The zero-order valence-electron chi connectivity index (χ0n) is 32.5. The van der Waals surface area contributed by atoms with Gasteiger partial charge in [0.1, 0.15) is 29.0 Å². The first-order valence-electron chi connectivity index (χ1n) is 18.3. The highest BCUT2D eigenvalue weighted by atomic mass is 16.6. The van der Waals surface area contributed by atoms with E-state index in [1.807, 2.05) is 76.2 Å². The Labute approximate surface area is 313 Å². The van der Waals surface area contributed by atoms with E-state index in [0.29, 0.717) is 51.3 Å². The van der Waals surface area contributed by atoms with Gasteiger partial charge in [0, 0.05) is 32.9 Å². The molecule has 0 radical (unpaired) electrons. The summed E-state index contributed by atoms with van der Waals surface area (Å²) in [4.78, 5) is 65.7. The van der Waals surface area contributed by atoms with Crippen LogP contribution in [-0.2, 0) is 46.4 Å². The molecule has 0 spiro atoms. The summed E-state index contributed by atoms with van der Waals surface area (Å²) in [6.07, 6.45) is 0.761. The lowest BCUT2D eigenvalue weighted by molar-refractivity contribution is -0.155. The largest absolute Gasteiger partial charge is 0.493 e. The van der Waals surface area contributed by atoms with Crippen LogP contribution in [0.5, 0.6) is 5.75 Å². The van der Waals surface area contributed by atoms with Crippen LogP contribution in [0, 0.1) is 6.92 Å². The number of carbonyl (C=O) groups excluding carboxylic acids is 5. The van der Waals surface area contributed by atoms with Crippen molar-refractivity contribution in [1.29, 1.82) is 0 Å². The topological polar surface area (TPSA) is 162 Å². The monoisotopic (exact) mass is 738 g/mol. The molecule has 3 atom stereocenters. The van der Waals surface area contributed by atoms with Gasteiger partial charge < -0.3 is 39.8 Å². The van der Waals surface area contributed by atoms with Crippen molar-refractivity contribution in [3.63, 3.8) is 0 Å². The van der Waals surface area contributed by atoms with Gasteiger partial charge in [-0.15, -0.1) is 0 Å². The second-order valence-electron chi connectivity index (χ2n) is 15.3. The third kappa shape index (κ3) is 16.3. The van der Waals surface area contributed by atoms with E-state index >= 15 is 0 Å². The van der Waals surface area contributed by atoms with Crippen molar-refractivity contribution >= 4 is 29.8 Å². The molecule has 0 aromatic heterocycles. The first-order chi connectivity index (χ1) is 24.9. The van der Waals surface area contributed by atoms with Crippen molar-refractivity contribution < 1.29 is 42.9 Å². The summed E-state index contributed by atoms with van der Waals surface area (Å²) in [5.41, 5.74) is 1.51. The molecule has 0 saturated carbocycles. The molecule has 1 aliphatic rings. The molecule has 4 amide bonds. The fraction of sp³-hybridized carbons (Fsp3) is 0.575. The Bertz CT molecular complexity index is 1530. The van der Waals surface area contributed by atoms with Gasteiger partial charge in [0.15, 0.2) is 0 Å².